The molecular weight excluding hydrogens is 204 g/mol. The summed E-state index contributed by atoms with van der Waals surface area (Å²) in [5.74, 6) is 1.06. The largest absolute Gasteiger partial charge is 0.444 e. The summed E-state index contributed by atoms with van der Waals surface area (Å²) in [5.41, 5.74) is 5.62. The highest BCUT2D eigenvalue weighted by molar-refractivity contribution is 5.68. The van der Waals surface area contributed by atoms with Crippen LogP contribution >= 0.6 is 0 Å². The zero-order valence-electron chi connectivity index (χ0n) is 10.4. The van der Waals surface area contributed by atoms with Crippen LogP contribution in [0.15, 0.2) is 0 Å². The predicted molar refractivity (Wildman–Crippen MR) is 62.0 cm³/mol. The van der Waals surface area contributed by atoms with Gasteiger partial charge in [-0.25, -0.2) is 4.79 Å². The van der Waals surface area contributed by atoms with E-state index in [1.807, 2.05) is 25.7 Å². The molecule has 4 nitrogen and oxygen atoms in total. The zero-order valence-corrected chi connectivity index (χ0v) is 10.4. The van der Waals surface area contributed by atoms with Gasteiger partial charge in [0.05, 0.1) is 0 Å². The van der Waals surface area contributed by atoms with E-state index in [2.05, 4.69) is 0 Å². The maximum Gasteiger partial charge on any atom is 0.410 e. The van der Waals surface area contributed by atoms with Crippen LogP contribution < -0.4 is 5.73 Å². The lowest BCUT2D eigenvalue weighted by atomic mass is 9.98. The Bertz CT molecular complexity index is 283. The third kappa shape index (κ3) is 2.48. The van der Waals surface area contributed by atoms with E-state index < -0.39 is 5.60 Å². The number of carbonyl (C=O) groups excluding carboxylic acids is 1. The van der Waals surface area contributed by atoms with Crippen LogP contribution in [0, 0.1) is 11.8 Å². The SMILES string of the molecule is CC(C)(C)OC(=O)N1C[C@H]2C[C@@H](C1)[C@H](N)C2. The van der Waals surface area contributed by atoms with E-state index in [0.29, 0.717) is 11.8 Å². The number of hydrogen-bond donors (Lipinski definition) is 1. The lowest BCUT2D eigenvalue weighted by molar-refractivity contribution is 0.0152. The molecule has 92 valence electrons. The molecule has 0 unspecified atom stereocenters. The van der Waals surface area contributed by atoms with Crippen molar-refractivity contribution in [2.45, 2.75) is 45.3 Å². The number of nitrogens with two attached hydrogens (primary N) is 1. The van der Waals surface area contributed by atoms with Crippen molar-refractivity contribution < 1.29 is 9.53 Å². The first-order chi connectivity index (χ1) is 7.35. The average molecular weight is 226 g/mol. The molecule has 2 fully saturated rings. The van der Waals surface area contributed by atoms with Gasteiger partial charge in [0, 0.05) is 19.1 Å². The van der Waals surface area contributed by atoms with Crippen molar-refractivity contribution in [2.75, 3.05) is 13.1 Å². The van der Waals surface area contributed by atoms with E-state index in [9.17, 15) is 4.79 Å². The Morgan fingerprint density at radius 2 is 2.00 bits per heavy atom. The van der Waals surface area contributed by atoms with Gasteiger partial charge in [-0.1, -0.05) is 0 Å². The summed E-state index contributed by atoms with van der Waals surface area (Å²) >= 11 is 0. The number of piperidine rings is 1. The van der Waals surface area contributed by atoms with Crippen molar-refractivity contribution in [2.24, 2.45) is 17.6 Å². The molecule has 1 aliphatic heterocycles. The number of nitrogens with zero attached hydrogens (tertiary/aromatic N) is 1. The summed E-state index contributed by atoms with van der Waals surface area (Å²) in [6.07, 6.45) is 2.06. The van der Waals surface area contributed by atoms with Crippen LogP contribution in [-0.4, -0.2) is 35.7 Å². The molecule has 2 bridgehead atoms. The van der Waals surface area contributed by atoms with Gasteiger partial charge in [0.15, 0.2) is 0 Å². The maximum absolute atomic E-state index is 11.9. The highest BCUT2D eigenvalue weighted by atomic mass is 16.6. The molecule has 1 heterocycles. The van der Waals surface area contributed by atoms with Crippen LogP contribution in [0.4, 0.5) is 4.79 Å². The topological polar surface area (TPSA) is 55.6 Å². The Morgan fingerprint density at radius 1 is 1.31 bits per heavy atom. The van der Waals surface area contributed by atoms with Crippen molar-refractivity contribution in [3.63, 3.8) is 0 Å². The first kappa shape index (κ1) is 11.7. The van der Waals surface area contributed by atoms with Crippen molar-refractivity contribution in [1.82, 2.24) is 4.90 Å². The van der Waals surface area contributed by atoms with Crippen molar-refractivity contribution in [1.29, 1.82) is 0 Å². The molecule has 1 saturated heterocycles. The van der Waals surface area contributed by atoms with Gasteiger partial charge in [-0.05, 0) is 45.4 Å². The molecule has 2 N–H and O–H groups in total. The quantitative estimate of drug-likeness (QED) is 0.682. The highest BCUT2D eigenvalue weighted by Gasteiger charge is 2.40. The smallest absolute Gasteiger partial charge is 0.410 e. The predicted octanol–water partition coefficient (Wildman–Crippen LogP) is 1.59. The van der Waals surface area contributed by atoms with Gasteiger partial charge < -0.3 is 15.4 Å². The van der Waals surface area contributed by atoms with Crippen LogP contribution in [0.2, 0.25) is 0 Å². The molecule has 3 atom stereocenters. The number of likely N-dealkylation sites (tertiary alicyclic amines) is 1. The van der Waals surface area contributed by atoms with Gasteiger partial charge in [0.1, 0.15) is 5.60 Å². The molecule has 2 rings (SSSR count). The van der Waals surface area contributed by atoms with Gasteiger partial charge in [-0.3, -0.25) is 0 Å². The van der Waals surface area contributed by atoms with Crippen LogP contribution in [0.1, 0.15) is 33.6 Å². The van der Waals surface area contributed by atoms with Crippen LogP contribution in [0.25, 0.3) is 0 Å². The average Bonchev–Trinajstić information content (AvgIpc) is 2.37. The molecular formula is C12H22N2O2. The molecule has 0 aromatic heterocycles. The van der Waals surface area contributed by atoms with Crippen LogP contribution in [-0.2, 0) is 4.74 Å². The lowest BCUT2D eigenvalue weighted by Crippen LogP contribution is -2.45. The van der Waals surface area contributed by atoms with E-state index in [1.54, 1.807) is 0 Å². The first-order valence-corrected chi connectivity index (χ1v) is 6.08. The summed E-state index contributed by atoms with van der Waals surface area (Å²) < 4.78 is 5.38. The van der Waals surface area contributed by atoms with Gasteiger partial charge in [0.25, 0.3) is 0 Å². The Hall–Kier alpha value is -0.770. The third-order valence-corrected chi connectivity index (χ3v) is 3.43. The second-order valence-corrected chi connectivity index (χ2v) is 6.15. The van der Waals surface area contributed by atoms with Crippen LogP contribution in [0.5, 0.6) is 0 Å². The molecule has 1 saturated carbocycles. The van der Waals surface area contributed by atoms with E-state index in [0.717, 1.165) is 19.5 Å². The monoisotopic (exact) mass is 226 g/mol. The molecule has 4 heteroatoms. The fourth-order valence-electron chi connectivity index (χ4n) is 2.78. The second kappa shape index (κ2) is 3.91. The standard InChI is InChI=1S/C12H22N2O2/c1-12(2,3)16-11(15)14-6-8-4-9(7-14)10(13)5-8/h8-10H,4-7,13H2,1-3H3/t8-,9-,10+/m0/s1. The molecule has 0 radical (unpaired) electrons. The number of hydrogen-bond acceptors (Lipinski definition) is 3. The van der Waals surface area contributed by atoms with Crippen molar-refractivity contribution >= 4 is 6.09 Å². The van der Waals surface area contributed by atoms with E-state index in [-0.39, 0.29) is 12.1 Å². The second-order valence-electron chi connectivity index (χ2n) is 6.15. The van der Waals surface area contributed by atoms with Crippen LogP contribution in [0.3, 0.4) is 0 Å². The normalized spacial score (nSPS) is 34.0. The molecule has 0 aromatic rings. The van der Waals surface area contributed by atoms with Gasteiger partial charge >= 0.3 is 6.09 Å². The Balaban J connectivity index is 1.94. The minimum Gasteiger partial charge on any atom is -0.444 e. The Morgan fingerprint density at radius 3 is 2.56 bits per heavy atom. The Labute approximate surface area is 97.1 Å². The van der Waals surface area contributed by atoms with Gasteiger partial charge in [-0.15, -0.1) is 0 Å². The minimum absolute atomic E-state index is 0.184. The lowest BCUT2D eigenvalue weighted by Gasteiger charge is -2.33. The molecule has 2 aliphatic rings. The number of amides is 1. The first-order valence-electron chi connectivity index (χ1n) is 6.08. The van der Waals surface area contributed by atoms with Gasteiger partial charge in [-0.2, -0.15) is 0 Å². The molecule has 1 amide bonds. The number of fused-ring (bicyclic) bond motifs is 2. The van der Waals surface area contributed by atoms with Crippen molar-refractivity contribution in [3.8, 4) is 0 Å². The summed E-state index contributed by atoms with van der Waals surface area (Å²) in [5, 5.41) is 0. The zero-order chi connectivity index (χ0) is 11.9. The summed E-state index contributed by atoms with van der Waals surface area (Å²) in [6, 6.07) is 0.275. The van der Waals surface area contributed by atoms with E-state index >= 15 is 0 Å². The molecule has 0 aromatic carbocycles. The van der Waals surface area contributed by atoms with Gasteiger partial charge in [0.2, 0.25) is 0 Å². The molecule has 1 aliphatic carbocycles. The number of rotatable bonds is 0. The summed E-state index contributed by atoms with van der Waals surface area (Å²) in [6.45, 7) is 7.28. The number of carbonyl (C=O) groups is 1. The number of ether oxygens (including phenoxy) is 1. The van der Waals surface area contributed by atoms with E-state index in [1.165, 1.54) is 6.42 Å². The summed E-state index contributed by atoms with van der Waals surface area (Å²) in [7, 11) is 0. The Kier molecular flexibility index (Phi) is 2.86. The molecule has 0 spiro atoms. The minimum atomic E-state index is -0.407. The van der Waals surface area contributed by atoms with E-state index in [4.69, 9.17) is 10.5 Å². The summed E-state index contributed by atoms with van der Waals surface area (Å²) in [4.78, 5) is 13.7. The highest BCUT2D eigenvalue weighted by Crippen LogP contribution is 2.36. The molecule has 16 heavy (non-hydrogen) atoms. The fourth-order valence-corrected chi connectivity index (χ4v) is 2.78. The third-order valence-electron chi connectivity index (χ3n) is 3.43. The fraction of sp³-hybridized carbons (Fsp3) is 0.917. The maximum atomic E-state index is 11.9. The van der Waals surface area contributed by atoms with Crippen molar-refractivity contribution in [3.05, 3.63) is 0 Å².